The van der Waals surface area contributed by atoms with Crippen molar-refractivity contribution in [1.82, 2.24) is 15.2 Å². The number of aryl methyl sites for hydroxylation is 1. The van der Waals surface area contributed by atoms with Gasteiger partial charge in [-0.2, -0.15) is 0 Å². The molecule has 1 fully saturated rings. The SMILES string of the molecule is Cc1ccc(/C=C/c2nc(SCC3CCCO3)n[nH]2)o1. The van der Waals surface area contributed by atoms with Gasteiger partial charge in [0.2, 0.25) is 5.16 Å². The van der Waals surface area contributed by atoms with Crippen LogP contribution < -0.4 is 0 Å². The fourth-order valence-electron chi connectivity index (χ4n) is 2.04. The van der Waals surface area contributed by atoms with Crippen molar-refractivity contribution in [3.63, 3.8) is 0 Å². The van der Waals surface area contributed by atoms with Gasteiger partial charge in [-0.1, -0.05) is 11.8 Å². The summed E-state index contributed by atoms with van der Waals surface area (Å²) < 4.78 is 11.0. The Kier molecular flexibility index (Phi) is 4.22. The largest absolute Gasteiger partial charge is 0.462 e. The second-order valence-corrected chi connectivity index (χ2v) is 5.72. The highest BCUT2D eigenvalue weighted by atomic mass is 32.2. The fraction of sp³-hybridized carbons (Fsp3) is 0.429. The highest BCUT2D eigenvalue weighted by Gasteiger charge is 2.16. The average Bonchev–Trinajstić information content (AvgIpc) is 3.16. The number of rotatable bonds is 5. The van der Waals surface area contributed by atoms with Gasteiger partial charge in [0, 0.05) is 12.4 Å². The minimum atomic E-state index is 0.351. The third kappa shape index (κ3) is 3.52. The number of hydrogen-bond acceptors (Lipinski definition) is 5. The zero-order chi connectivity index (χ0) is 13.8. The van der Waals surface area contributed by atoms with Crippen LogP contribution in [0.15, 0.2) is 21.7 Å². The van der Waals surface area contributed by atoms with E-state index < -0.39 is 0 Å². The first kappa shape index (κ1) is 13.5. The molecule has 106 valence electrons. The number of aromatic nitrogens is 3. The van der Waals surface area contributed by atoms with E-state index in [0.29, 0.717) is 6.10 Å². The maximum Gasteiger partial charge on any atom is 0.208 e. The maximum absolute atomic E-state index is 5.58. The lowest BCUT2D eigenvalue weighted by Crippen LogP contribution is -2.07. The summed E-state index contributed by atoms with van der Waals surface area (Å²) in [4.78, 5) is 4.41. The molecular formula is C14H17N3O2S. The van der Waals surface area contributed by atoms with Crippen molar-refractivity contribution in [2.45, 2.75) is 31.0 Å². The van der Waals surface area contributed by atoms with Crippen LogP contribution in [0.3, 0.4) is 0 Å². The van der Waals surface area contributed by atoms with Crippen molar-refractivity contribution in [1.29, 1.82) is 0 Å². The molecule has 3 heterocycles. The average molecular weight is 291 g/mol. The molecule has 1 atom stereocenters. The van der Waals surface area contributed by atoms with Crippen LogP contribution >= 0.6 is 11.8 Å². The zero-order valence-electron chi connectivity index (χ0n) is 11.3. The first-order valence-electron chi connectivity index (χ1n) is 6.71. The zero-order valence-corrected chi connectivity index (χ0v) is 12.2. The summed E-state index contributed by atoms with van der Waals surface area (Å²) in [6, 6.07) is 3.86. The summed E-state index contributed by atoms with van der Waals surface area (Å²) >= 11 is 1.63. The van der Waals surface area contributed by atoms with Gasteiger partial charge in [0.1, 0.15) is 17.3 Å². The molecular weight excluding hydrogens is 274 g/mol. The molecule has 0 aliphatic carbocycles. The Morgan fingerprint density at radius 2 is 2.40 bits per heavy atom. The summed E-state index contributed by atoms with van der Waals surface area (Å²) in [6.07, 6.45) is 6.39. The van der Waals surface area contributed by atoms with Crippen molar-refractivity contribution < 1.29 is 9.15 Å². The number of H-pyrrole nitrogens is 1. The molecule has 0 amide bonds. The van der Waals surface area contributed by atoms with E-state index in [0.717, 1.165) is 47.7 Å². The minimum Gasteiger partial charge on any atom is -0.462 e. The van der Waals surface area contributed by atoms with E-state index in [1.54, 1.807) is 11.8 Å². The smallest absolute Gasteiger partial charge is 0.208 e. The molecule has 5 nitrogen and oxygen atoms in total. The number of thioether (sulfide) groups is 1. The van der Waals surface area contributed by atoms with Gasteiger partial charge in [-0.3, -0.25) is 5.10 Å². The third-order valence-electron chi connectivity index (χ3n) is 3.07. The highest BCUT2D eigenvalue weighted by Crippen LogP contribution is 2.21. The van der Waals surface area contributed by atoms with Crippen LogP contribution in [-0.4, -0.2) is 33.6 Å². The van der Waals surface area contributed by atoms with Gasteiger partial charge in [-0.25, -0.2) is 4.98 Å². The number of furan rings is 1. The van der Waals surface area contributed by atoms with E-state index in [9.17, 15) is 0 Å². The Labute approximate surface area is 121 Å². The van der Waals surface area contributed by atoms with E-state index in [1.165, 1.54) is 0 Å². The Balaban J connectivity index is 1.54. The van der Waals surface area contributed by atoms with E-state index >= 15 is 0 Å². The summed E-state index contributed by atoms with van der Waals surface area (Å²) in [7, 11) is 0. The van der Waals surface area contributed by atoms with Crippen molar-refractivity contribution in [2.75, 3.05) is 12.4 Å². The molecule has 3 rings (SSSR count). The van der Waals surface area contributed by atoms with Gasteiger partial charge in [-0.15, -0.1) is 5.10 Å². The van der Waals surface area contributed by atoms with E-state index in [1.807, 2.05) is 31.2 Å². The molecule has 1 aliphatic heterocycles. The highest BCUT2D eigenvalue weighted by molar-refractivity contribution is 7.99. The van der Waals surface area contributed by atoms with Crippen LogP contribution in [0.2, 0.25) is 0 Å². The Hall–Kier alpha value is -1.53. The van der Waals surface area contributed by atoms with Crippen LogP contribution in [0.25, 0.3) is 12.2 Å². The van der Waals surface area contributed by atoms with Crippen molar-refractivity contribution in [3.05, 3.63) is 29.5 Å². The lowest BCUT2D eigenvalue weighted by molar-refractivity contribution is 0.129. The molecule has 2 aromatic rings. The molecule has 6 heteroatoms. The second-order valence-electron chi connectivity index (χ2n) is 4.73. The molecule has 1 aliphatic rings. The van der Waals surface area contributed by atoms with Gasteiger partial charge >= 0.3 is 0 Å². The summed E-state index contributed by atoms with van der Waals surface area (Å²) in [5.74, 6) is 3.36. The van der Waals surface area contributed by atoms with E-state index in [-0.39, 0.29) is 0 Å². The number of nitrogens with one attached hydrogen (secondary N) is 1. The molecule has 1 unspecified atom stereocenters. The first-order valence-corrected chi connectivity index (χ1v) is 7.69. The number of ether oxygens (including phenoxy) is 1. The van der Waals surface area contributed by atoms with E-state index in [4.69, 9.17) is 9.15 Å². The predicted octanol–water partition coefficient (Wildman–Crippen LogP) is 3.15. The van der Waals surface area contributed by atoms with Crippen LogP contribution in [-0.2, 0) is 4.74 Å². The lowest BCUT2D eigenvalue weighted by Gasteiger charge is -2.05. The second kappa shape index (κ2) is 6.28. The lowest BCUT2D eigenvalue weighted by atomic mass is 10.3. The normalized spacial score (nSPS) is 19.1. The van der Waals surface area contributed by atoms with Crippen LogP contribution in [0.4, 0.5) is 0 Å². The molecule has 2 aromatic heterocycles. The standard InChI is InChI=1S/C14H17N3O2S/c1-10-4-5-11(19-10)6-7-13-15-14(17-16-13)20-9-12-3-2-8-18-12/h4-7,12H,2-3,8-9H2,1H3,(H,15,16,17)/b7-6+. The van der Waals surface area contributed by atoms with Gasteiger partial charge in [0.15, 0.2) is 0 Å². The molecule has 20 heavy (non-hydrogen) atoms. The van der Waals surface area contributed by atoms with Crippen LogP contribution in [0.1, 0.15) is 30.2 Å². The predicted molar refractivity (Wildman–Crippen MR) is 78.5 cm³/mol. The van der Waals surface area contributed by atoms with Gasteiger partial charge in [0.25, 0.3) is 0 Å². The molecule has 0 radical (unpaired) electrons. The summed E-state index contributed by atoms with van der Waals surface area (Å²) in [6.45, 7) is 2.81. The van der Waals surface area contributed by atoms with Crippen LogP contribution in [0.5, 0.6) is 0 Å². The van der Waals surface area contributed by atoms with Crippen molar-refractivity contribution in [2.24, 2.45) is 0 Å². The minimum absolute atomic E-state index is 0.351. The Morgan fingerprint density at radius 3 is 3.15 bits per heavy atom. The Morgan fingerprint density at radius 1 is 1.45 bits per heavy atom. The molecule has 1 N–H and O–H groups in total. The summed E-state index contributed by atoms with van der Waals surface area (Å²) in [5.41, 5.74) is 0. The first-order chi connectivity index (χ1) is 9.79. The molecule has 0 spiro atoms. The summed E-state index contributed by atoms with van der Waals surface area (Å²) in [5, 5.41) is 7.85. The van der Waals surface area contributed by atoms with Crippen molar-refractivity contribution >= 4 is 23.9 Å². The number of nitrogens with zero attached hydrogens (tertiary/aromatic N) is 2. The molecule has 0 aromatic carbocycles. The van der Waals surface area contributed by atoms with Crippen molar-refractivity contribution in [3.8, 4) is 0 Å². The molecule has 1 saturated heterocycles. The molecule has 0 bridgehead atoms. The van der Waals surface area contributed by atoms with Gasteiger partial charge < -0.3 is 9.15 Å². The number of hydrogen-bond donors (Lipinski definition) is 1. The van der Waals surface area contributed by atoms with Crippen LogP contribution in [0, 0.1) is 6.92 Å². The quantitative estimate of drug-likeness (QED) is 0.857. The third-order valence-corrected chi connectivity index (χ3v) is 4.05. The topological polar surface area (TPSA) is 63.9 Å². The van der Waals surface area contributed by atoms with E-state index in [2.05, 4.69) is 15.2 Å². The number of aromatic amines is 1. The maximum atomic E-state index is 5.58. The van der Waals surface area contributed by atoms with Gasteiger partial charge in [-0.05, 0) is 44.1 Å². The Bertz CT molecular complexity index is 585. The van der Waals surface area contributed by atoms with Gasteiger partial charge in [0.05, 0.1) is 6.10 Å². The molecule has 0 saturated carbocycles. The monoisotopic (exact) mass is 291 g/mol. The fourth-order valence-corrected chi connectivity index (χ4v) is 2.92.